The van der Waals surface area contributed by atoms with Crippen LogP contribution < -0.4 is 5.32 Å². The molecule has 1 aliphatic heterocycles. The molecule has 2 atom stereocenters. The van der Waals surface area contributed by atoms with Gasteiger partial charge in [-0.3, -0.25) is 0 Å². The van der Waals surface area contributed by atoms with E-state index in [-0.39, 0.29) is 12.1 Å². The molecule has 0 amide bonds. The molecular weight excluding hydrogens is 262 g/mol. The minimum absolute atomic E-state index is 0.161. The first-order valence-electron chi connectivity index (χ1n) is 7.68. The van der Waals surface area contributed by atoms with Crippen molar-refractivity contribution in [3.05, 3.63) is 53.6 Å². The molecule has 3 rings (SSSR count). The second-order valence-electron chi connectivity index (χ2n) is 5.58. The lowest BCUT2D eigenvalue weighted by Gasteiger charge is -2.29. The van der Waals surface area contributed by atoms with Gasteiger partial charge in [0.05, 0.1) is 30.8 Å². The van der Waals surface area contributed by atoms with E-state index in [0.29, 0.717) is 0 Å². The lowest BCUT2D eigenvalue weighted by molar-refractivity contribution is 0.0289. The number of benzene rings is 1. The highest BCUT2D eigenvalue weighted by atomic mass is 16.5. The quantitative estimate of drug-likeness (QED) is 0.918. The first kappa shape index (κ1) is 14.3. The lowest BCUT2D eigenvalue weighted by atomic mass is 9.93. The van der Waals surface area contributed by atoms with E-state index >= 15 is 0 Å². The van der Waals surface area contributed by atoms with E-state index in [0.717, 1.165) is 26.0 Å². The van der Waals surface area contributed by atoms with Crippen molar-refractivity contribution < 1.29 is 4.74 Å². The minimum Gasteiger partial charge on any atom is -0.373 e. The van der Waals surface area contributed by atoms with E-state index in [1.807, 2.05) is 19.6 Å². The maximum absolute atomic E-state index is 6.05. The van der Waals surface area contributed by atoms with Crippen LogP contribution in [-0.4, -0.2) is 22.7 Å². The normalized spacial score (nSPS) is 19.2. The van der Waals surface area contributed by atoms with E-state index in [2.05, 4.69) is 46.1 Å². The number of ether oxygens (including phenoxy) is 1. The maximum atomic E-state index is 6.05. The summed E-state index contributed by atoms with van der Waals surface area (Å²) in [5, 5.41) is 3.56. The molecule has 0 saturated carbocycles. The predicted molar refractivity (Wildman–Crippen MR) is 83.1 cm³/mol. The summed E-state index contributed by atoms with van der Waals surface area (Å²) in [6.45, 7) is 3.88. The first-order chi connectivity index (χ1) is 10.3. The zero-order valence-corrected chi connectivity index (χ0v) is 12.7. The summed E-state index contributed by atoms with van der Waals surface area (Å²) < 4.78 is 8.13. The Hall–Kier alpha value is -1.65. The zero-order chi connectivity index (χ0) is 14.7. The maximum Gasteiger partial charge on any atom is 0.0946 e. The van der Waals surface area contributed by atoms with Gasteiger partial charge in [-0.2, -0.15) is 0 Å². The largest absolute Gasteiger partial charge is 0.373 e. The van der Waals surface area contributed by atoms with Crippen LogP contribution in [0.4, 0.5) is 0 Å². The highest BCUT2D eigenvalue weighted by Crippen LogP contribution is 2.34. The van der Waals surface area contributed by atoms with Gasteiger partial charge in [-0.05, 0) is 30.5 Å². The molecule has 1 N–H and O–H groups in total. The van der Waals surface area contributed by atoms with Crippen LogP contribution in [-0.2, 0) is 18.2 Å². The highest BCUT2D eigenvalue weighted by Gasteiger charge is 2.25. The van der Waals surface area contributed by atoms with E-state index in [1.165, 1.54) is 16.8 Å². The van der Waals surface area contributed by atoms with Crippen molar-refractivity contribution in [2.45, 2.75) is 31.9 Å². The summed E-state index contributed by atoms with van der Waals surface area (Å²) in [6.07, 6.45) is 5.92. The van der Waals surface area contributed by atoms with Gasteiger partial charge in [0.2, 0.25) is 0 Å². The average Bonchev–Trinajstić information content (AvgIpc) is 2.93. The third kappa shape index (κ3) is 3.01. The molecule has 4 heteroatoms. The van der Waals surface area contributed by atoms with Crippen molar-refractivity contribution in [3.63, 3.8) is 0 Å². The Labute approximate surface area is 126 Å². The van der Waals surface area contributed by atoms with Crippen LogP contribution in [0.3, 0.4) is 0 Å². The number of nitrogens with zero attached hydrogens (tertiary/aromatic N) is 2. The van der Waals surface area contributed by atoms with Crippen molar-refractivity contribution in [2.75, 3.05) is 13.2 Å². The molecule has 0 aliphatic carbocycles. The monoisotopic (exact) mass is 285 g/mol. The van der Waals surface area contributed by atoms with Crippen molar-refractivity contribution >= 4 is 0 Å². The summed E-state index contributed by atoms with van der Waals surface area (Å²) in [5.74, 6) is 0. The molecule has 4 nitrogen and oxygen atoms in total. The molecule has 112 valence electrons. The Bertz CT molecular complexity index is 593. The fourth-order valence-electron chi connectivity index (χ4n) is 3.14. The highest BCUT2D eigenvalue weighted by molar-refractivity contribution is 5.31. The Kier molecular flexibility index (Phi) is 4.36. The van der Waals surface area contributed by atoms with Gasteiger partial charge in [-0.25, -0.2) is 4.98 Å². The molecule has 1 aliphatic rings. The van der Waals surface area contributed by atoms with Gasteiger partial charge in [0.25, 0.3) is 0 Å². The molecule has 1 aromatic heterocycles. The zero-order valence-electron chi connectivity index (χ0n) is 12.7. The summed E-state index contributed by atoms with van der Waals surface area (Å²) in [6, 6.07) is 8.90. The number of aryl methyl sites for hydroxylation is 1. The molecule has 0 saturated heterocycles. The standard InChI is InChI=1S/C17H23N3O/c1-3-19-15(16-11-18-12-20(16)2)10-17-14-7-5-4-6-13(14)8-9-21-17/h4-7,11-12,15,17,19H,3,8-10H2,1-2H3. The van der Waals surface area contributed by atoms with Crippen molar-refractivity contribution in [1.82, 2.24) is 14.9 Å². The van der Waals surface area contributed by atoms with E-state index in [9.17, 15) is 0 Å². The van der Waals surface area contributed by atoms with Gasteiger partial charge in [-0.15, -0.1) is 0 Å². The van der Waals surface area contributed by atoms with E-state index in [1.54, 1.807) is 0 Å². The van der Waals surface area contributed by atoms with Gasteiger partial charge < -0.3 is 14.6 Å². The number of hydrogen-bond donors (Lipinski definition) is 1. The smallest absolute Gasteiger partial charge is 0.0946 e. The summed E-state index contributed by atoms with van der Waals surface area (Å²) in [7, 11) is 2.04. The Morgan fingerprint density at radius 2 is 2.29 bits per heavy atom. The van der Waals surface area contributed by atoms with Crippen LogP contribution >= 0.6 is 0 Å². The fraction of sp³-hybridized carbons (Fsp3) is 0.471. The van der Waals surface area contributed by atoms with Gasteiger partial charge in [0.15, 0.2) is 0 Å². The van der Waals surface area contributed by atoms with Crippen molar-refractivity contribution in [2.24, 2.45) is 7.05 Å². The Morgan fingerprint density at radius 3 is 3.05 bits per heavy atom. The fourth-order valence-corrected chi connectivity index (χ4v) is 3.14. The van der Waals surface area contributed by atoms with Gasteiger partial charge >= 0.3 is 0 Å². The van der Waals surface area contributed by atoms with Crippen LogP contribution in [0.5, 0.6) is 0 Å². The molecule has 21 heavy (non-hydrogen) atoms. The number of rotatable bonds is 5. The first-order valence-corrected chi connectivity index (χ1v) is 7.68. The van der Waals surface area contributed by atoms with Crippen molar-refractivity contribution in [3.8, 4) is 0 Å². The average molecular weight is 285 g/mol. The Balaban J connectivity index is 1.83. The third-order valence-electron chi connectivity index (χ3n) is 4.20. The van der Waals surface area contributed by atoms with E-state index in [4.69, 9.17) is 4.74 Å². The van der Waals surface area contributed by atoms with E-state index < -0.39 is 0 Å². The molecule has 0 spiro atoms. The van der Waals surface area contributed by atoms with Crippen LogP contribution in [0.25, 0.3) is 0 Å². The minimum atomic E-state index is 0.161. The molecular formula is C17H23N3O. The molecule has 2 unspecified atom stereocenters. The van der Waals surface area contributed by atoms with Crippen LogP contribution in [0.1, 0.15) is 42.3 Å². The summed E-state index contributed by atoms with van der Waals surface area (Å²) in [4.78, 5) is 4.24. The van der Waals surface area contributed by atoms with Gasteiger partial charge in [0.1, 0.15) is 0 Å². The molecule has 2 heterocycles. The number of aromatic nitrogens is 2. The van der Waals surface area contributed by atoms with Crippen molar-refractivity contribution in [1.29, 1.82) is 0 Å². The van der Waals surface area contributed by atoms with Crippen LogP contribution in [0.2, 0.25) is 0 Å². The molecule has 2 aromatic rings. The predicted octanol–water partition coefficient (Wildman–Crippen LogP) is 2.77. The number of nitrogens with one attached hydrogen (secondary N) is 1. The molecule has 0 radical (unpaired) electrons. The topological polar surface area (TPSA) is 39.1 Å². The second kappa shape index (κ2) is 6.41. The molecule has 1 aromatic carbocycles. The van der Waals surface area contributed by atoms with Gasteiger partial charge in [-0.1, -0.05) is 31.2 Å². The second-order valence-corrected chi connectivity index (χ2v) is 5.58. The summed E-state index contributed by atoms with van der Waals surface area (Å²) >= 11 is 0. The number of fused-ring (bicyclic) bond motifs is 1. The number of hydrogen-bond acceptors (Lipinski definition) is 3. The molecule has 0 bridgehead atoms. The third-order valence-corrected chi connectivity index (χ3v) is 4.20. The summed E-state index contributed by atoms with van der Waals surface area (Å²) in [5.41, 5.74) is 3.98. The van der Waals surface area contributed by atoms with Crippen LogP contribution in [0.15, 0.2) is 36.8 Å². The van der Waals surface area contributed by atoms with Gasteiger partial charge in [0, 0.05) is 13.2 Å². The SMILES string of the molecule is CCNC(CC1OCCc2ccccc21)c1cncn1C. The number of imidazole rings is 1. The lowest BCUT2D eigenvalue weighted by Crippen LogP contribution is -2.27. The Morgan fingerprint density at radius 1 is 1.43 bits per heavy atom. The van der Waals surface area contributed by atoms with Crippen LogP contribution in [0, 0.1) is 0 Å². The molecule has 0 fully saturated rings.